The van der Waals surface area contributed by atoms with Crippen molar-refractivity contribution in [2.45, 2.75) is 130 Å². The molecule has 0 amide bonds. The fraction of sp³-hybridized carbons (Fsp3) is 0.174. The Hall–Kier alpha value is -14.3. The van der Waals surface area contributed by atoms with Crippen molar-refractivity contribution in [2.75, 3.05) is 0 Å². The third-order valence-electron chi connectivity index (χ3n) is 19.7. The van der Waals surface area contributed by atoms with Crippen molar-refractivity contribution < 1.29 is 121 Å². The van der Waals surface area contributed by atoms with Gasteiger partial charge >= 0.3 is 0 Å². The molecular weight excluding hydrogens is 2490 g/mol. The summed E-state index contributed by atoms with van der Waals surface area (Å²) >= 11 is 0. The van der Waals surface area contributed by atoms with Gasteiger partial charge in [0.15, 0.2) is 17.1 Å². The Kier molecular flexibility index (Phi) is 52.1. The van der Waals surface area contributed by atoms with Crippen LogP contribution in [0.3, 0.4) is 0 Å². The molecule has 0 aliphatic rings. The first kappa shape index (κ1) is 118. The predicted molar refractivity (Wildman–Crippen MR) is 540 cm³/mol. The minimum atomic E-state index is -0.375. The van der Waals surface area contributed by atoms with Gasteiger partial charge in [-0.1, -0.05) is 170 Å². The average Bonchev–Trinajstić information content (AvgIpc) is 0.804. The van der Waals surface area contributed by atoms with E-state index in [1.807, 2.05) is 243 Å². The third kappa shape index (κ3) is 37.4. The van der Waals surface area contributed by atoms with Crippen LogP contribution in [0, 0.1) is 84.5 Å². The number of aliphatic hydroxyl groups excluding tert-OH is 8. The Bertz CT molecular complexity index is 6790. The molecule has 0 saturated carbocycles. The molecule has 0 fully saturated rings. The number of aromatic nitrogens is 8. The van der Waals surface area contributed by atoms with Crippen LogP contribution >= 0.6 is 0 Å². The molecule has 0 bridgehead atoms. The van der Waals surface area contributed by atoms with Crippen LogP contribution in [0.2, 0.25) is 0 Å². The van der Waals surface area contributed by atoms with Crippen molar-refractivity contribution in [3.05, 3.63) is 409 Å². The molecule has 16 rings (SSSR count). The van der Waals surface area contributed by atoms with E-state index in [0.29, 0.717) is 105 Å². The van der Waals surface area contributed by atoms with Gasteiger partial charge in [0.05, 0.1) is 150 Å². The van der Waals surface area contributed by atoms with Crippen molar-refractivity contribution in [1.82, 2.24) is 39.9 Å². The molecule has 12 aromatic carbocycles. The molecule has 27 heteroatoms. The summed E-state index contributed by atoms with van der Waals surface area (Å²) in [6.45, 7) is 42.7. The van der Waals surface area contributed by atoms with E-state index in [1.54, 1.807) is 141 Å². The van der Waals surface area contributed by atoms with Crippen molar-refractivity contribution in [3.8, 4) is 153 Å². The standard InChI is InChI=1S/3C24H13N4.C23H14N3.4C5H12O2.4Ir/c1-26-21-13-17(15-25)12-20(14-21)22-16-27-23(18-8-4-2-5-9-18)24(28-22)19-10-6-3-7-11-19;1-26-21-13-12-17(15-25)14-20(21)22-16-27-23(18-8-4-2-5-9-18)24(28-22)19-10-6-3-7-11-19;1-26-21-14-19(12-13-20(21)15-25)22-16-27-23(17-8-4-2-5-9-17)24(28-22)18-10-6-3-7-11-18;1-24-20-15-9-8-14-19(20)21-16-25-22(17-10-4-2-5-11-17)23(26-21)18-12-6-3-7-13-18;4*1-4(6)3-5(2)7;;;;/h3*2-8,10-14,16H;2-10,12-16H;4*4-7H,3H2,1-2H3;;;;/q4*-1;;;;;;;;. The fourth-order valence-corrected chi connectivity index (χ4v) is 13.7. The van der Waals surface area contributed by atoms with E-state index < -0.39 is 0 Å². The van der Waals surface area contributed by atoms with Crippen LogP contribution in [-0.2, 0) is 80.4 Å². The number of hydrogen-bond donors (Lipinski definition) is 8. The summed E-state index contributed by atoms with van der Waals surface area (Å²) in [5.74, 6) is 0. The molecule has 724 valence electrons. The molecule has 16 aromatic rings. The SMILES string of the molecule is CC(O)CC(C)O.CC(O)CC(C)O.CC(O)CC(C)O.CC(O)CC(C)O.[C-]#[N+]c1cc(-c2cnc(-c3[c-]cccc3)c(-c3ccccc3)n2)ccc1C#N.[C-]#[N+]c1cc(C#N)cc(-c2cnc(-c3[c-]cccc3)c(-c3ccccc3)n2)c1.[C-]#[N+]c1ccc(C#N)cc1-c1cnc(-c2[c-]cccc2)c(-c2ccccc2)n1.[C-]#[N+]c1ccccc1-c1cnc(-c2[c-]cccc2)c(-c2ccccc2)n1.[Ir].[Ir].[Ir].[Ir]. The smallest absolute Gasteiger partial charge is 0.205 e. The molecule has 8 N–H and O–H groups in total. The zero-order valence-corrected chi connectivity index (χ0v) is 88.2. The zero-order valence-electron chi connectivity index (χ0n) is 78.7. The molecule has 4 heterocycles. The Labute approximate surface area is 884 Å². The zero-order chi connectivity index (χ0) is 99.3. The van der Waals surface area contributed by atoms with E-state index in [0.717, 1.165) is 95.5 Å². The van der Waals surface area contributed by atoms with Gasteiger partial charge in [-0.3, -0.25) is 19.9 Å². The number of nitriles is 3. The number of benzene rings is 12. The van der Waals surface area contributed by atoms with Crippen LogP contribution in [0.4, 0.5) is 22.7 Å². The molecule has 4 radical (unpaired) electrons. The summed E-state index contributed by atoms with van der Waals surface area (Å²) in [4.78, 5) is 52.1. The van der Waals surface area contributed by atoms with Gasteiger partial charge in [0.2, 0.25) is 5.69 Å². The third-order valence-corrected chi connectivity index (χ3v) is 19.7. The maximum Gasteiger partial charge on any atom is 0.205 e. The van der Waals surface area contributed by atoms with Crippen LogP contribution in [0.1, 0.15) is 97.8 Å². The van der Waals surface area contributed by atoms with Crippen molar-refractivity contribution >= 4 is 22.7 Å². The molecule has 4 aromatic heterocycles. The van der Waals surface area contributed by atoms with Gasteiger partial charge in [-0.15, -0.1) is 144 Å². The summed E-state index contributed by atoms with van der Waals surface area (Å²) in [6, 6.07) is 112. The minimum Gasteiger partial charge on any atom is -0.393 e. The summed E-state index contributed by atoms with van der Waals surface area (Å²) in [7, 11) is 0. The molecule has 0 aliphatic heterocycles. The van der Waals surface area contributed by atoms with Gasteiger partial charge in [0.1, 0.15) is 0 Å². The maximum atomic E-state index is 9.26. The van der Waals surface area contributed by atoms with E-state index in [1.165, 1.54) is 0 Å². The molecule has 8 atom stereocenters. The summed E-state index contributed by atoms with van der Waals surface area (Å²) in [6.07, 6.45) is 5.63. The Morgan fingerprint density at radius 1 is 0.268 bits per heavy atom. The van der Waals surface area contributed by atoms with Gasteiger partial charge in [-0.25, -0.2) is 19.4 Å². The second kappa shape index (κ2) is 62.7. The molecule has 0 spiro atoms. The molecule has 23 nitrogen and oxygen atoms in total. The second-order valence-electron chi connectivity index (χ2n) is 31.6. The van der Waals surface area contributed by atoms with Crippen LogP contribution in [0.15, 0.2) is 322 Å². The number of rotatable bonds is 20. The molecule has 8 unspecified atom stereocenters. The van der Waals surface area contributed by atoms with Crippen molar-refractivity contribution in [3.63, 3.8) is 0 Å². The quantitative estimate of drug-likeness (QED) is 0.0329. The topological polar surface area (TPSA) is 354 Å². The van der Waals surface area contributed by atoms with E-state index >= 15 is 0 Å². The van der Waals surface area contributed by atoms with Gasteiger partial charge in [0, 0.05) is 145 Å². The van der Waals surface area contributed by atoms with Crippen molar-refractivity contribution in [2.24, 2.45) is 0 Å². The molecule has 0 aliphatic carbocycles. The summed E-state index contributed by atoms with van der Waals surface area (Å²) in [5, 5.41) is 96.1. The van der Waals surface area contributed by atoms with Crippen LogP contribution < -0.4 is 0 Å². The normalized spacial score (nSPS) is 11.6. The van der Waals surface area contributed by atoms with Crippen LogP contribution in [0.25, 0.3) is 154 Å². The van der Waals surface area contributed by atoms with Crippen LogP contribution in [-0.4, -0.2) is 130 Å². The molecular formula is C115H101Ir4N15O8-4. The van der Waals surface area contributed by atoms with Crippen LogP contribution in [0.5, 0.6) is 0 Å². The molecule has 0 saturated heterocycles. The molecule has 142 heavy (non-hydrogen) atoms. The Balaban J connectivity index is 0.000000303. The largest absolute Gasteiger partial charge is 0.393 e. The second-order valence-corrected chi connectivity index (χ2v) is 31.6. The van der Waals surface area contributed by atoms with E-state index in [2.05, 4.69) is 75.7 Å². The fourth-order valence-electron chi connectivity index (χ4n) is 13.7. The van der Waals surface area contributed by atoms with E-state index in [4.69, 9.17) is 92.3 Å². The summed E-state index contributed by atoms with van der Waals surface area (Å²) < 4.78 is 0. The summed E-state index contributed by atoms with van der Waals surface area (Å²) in [5.41, 5.74) is 21.5. The number of nitrogens with zero attached hydrogens (tertiary/aromatic N) is 15. The predicted octanol–water partition coefficient (Wildman–Crippen LogP) is 23.5. The first-order valence-corrected chi connectivity index (χ1v) is 44.0. The van der Waals surface area contributed by atoms with E-state index in [9.17, 15) is 10.5 Å². The van der Waals surface area contributed by atoms with Crippen molar-refractivity contribution in [1.29, 1.82) is 15.8 Å². The maximum absolute atomic E-state index is 9.26. The minimum absolute atomic E-state index is 0. The van der Waals surface area contributed by atoms with Gasteiger partial charge in [-0.05, 0) is 145 Å². The van der Waals surface area contributed by atoms with Gasteiger partial charge < -0.3 is 60.8 Å². The Morgan fingerprint density at radius 2 is 0.570 bits per heavy atom. The first-order chi connectivity index (χ1) is 66.7. The van der Waals surface area contributed by atoms with Gasteiger partial charge in [0.25, 0.3) is 0 Å². The first-order valence-electron chi connectivity index (χ1n) is 44.0. The van der Waals surface area contributed by atoms with Gasteiger partial charge in [-0.2, -0.15) is 15.8 Å². The Morgan fingerprint density at radius 3 is 0.873 bits per heavy atom. The average molecular weight is 2590 g/mol. The number of aliphatic hydroxyl groups is 8. The monoisotopic (exact) mass is 2590 g/mol. The number of para-hydroxylation sites is 1. The number of hydrogen-bond acceptors (Lipinski definition) is 19. The van der Waals surface area contributed by atoms with E-state index in [-0.39, 0.29) is 129 Å².